The molecule has 1 rings (SSSR count). The zero-order valence-electron chi connectivity index (χ0n) is 8.98. The number of benzene rings is 1. The van der Waals surface area contributed by atoms with Crippen molar-refractivity contribution in [1.82, 2.24) is 0 Å². The fourth-order valence-corrected chi connectivity index (χ4v) is 1.33. The average Bonchev–Trinajstić information content (AvgIpc) is 2.35. The lowest BCUT2D eigenvalue weighted by molar-refractivity contribution is 0.0596. The summed E-state index contributed by atoms with van der Waals surface area (Å²) in [5.41, 5.74) is 0.582. The van der Waals surface area contributed by atoms with Gasteiger partial charge in [0.25, 0.3) is 0 Å². The number of hydrogen-bond acceptors (Lipinski definition) is 5. The first-order chi connectivity index (χ1) is 7.67. The Morgan fingerprint density at radius 3 is 2.62 bits per heavy atom. The zero-order valence-corrected chi connectivity index (χ0v) is 8.98. The van der Waals surface area contributed by atoms with Crippen molar-refractivity contribution in [2.45, 2.75) is 6.61 Å². The molecule has 5 heteroatoms. The van der Waals surface area contributed by atoms with Crippen LogP contribution in [-0.4, -0.2) is 25.3 Å². The van der Waals surface area contributed by atoms with Crippen molar-refractivity contribution in [3.8, 4) is 11.8 Å². The predicted octanol–water partition coefficient (Wildman–Crippen LogP) is 0.846. The Balaban J connectivity index is 3.44. The quantitative estimate of drug-likeness (QED) is 0.765. The van der Waals surface area contributed by atoms with Crippen LogP contribution in [-0.2, 0) is 11.3 Å². The summed E-state index contributed by atoms with van der Waals surface area (Å²) in [5, 5.41) is 18.0. The molecule has 0 atom stereocenters. The van der Waals surface area contributed by atoms with Crippen molar-refractivity contribution in [1.29, 1.82) is 5.26 Å². The normalized spacial score (nSPS) is 9.38. The minimum Gasteiger partial charge on any atom is -0.497 e. The predicted molar refractivity (Wildman–Crippen MR) is 55.0 cm³/mol. The smallest absolute Gasteiger partial charge is 0.338 e. The van der Waals surface area contributed by atoms with Crippen LogP contribution in [0.2, 0.25) is 0 Å². The van der Waals surface area contributed by atoms with Gasteiger partial charge in [-0.15, -0.1) is 0 Å². The van der Waals surface area contributed by atoms with Gasteiger partial charge in [0.15, 0.2) is 0 Å². The second kappa shape index (κ2) is 5.14. The lowest BCUT2D eigenvalue weighted by Crippen LogP contribution is -2.08. The van der Waals surface area contributed by atoms with Gasteiger partial charge in [0.05, 0.1) is 38.0 Å². The van der Waals surface area contributed by atoms with E-state index in [1.807, 2.05) is 6.07 Å². The molecule has 0 saturated heterocycles. The largest absolute Gasteiger partial charge is 0.497 e. The molecule has 0 spiro atoms. The van der Waals surface area contributed by atoms with Crippen LogP contribution in [0.25, 0.3) is 0 Å². The van der Waals surface area contributed by atoms with Crippen LogP contribution in [0.5, 0.6) is 5.75 Å². The molecule has 0 bridgehead atoms. The molecule has 1 aromatic rings. The number of ether oxygens (including phenoxy) is 2. The Kier molecular flexibility index (Phi) is 3.86. The Hall–Kier alpha value is -2.06. The third-order valence-electron chi connectivity index (χ3n) is 2.14. The van der Waals surface area contributed by atoms with E-state index in [0.717, 1.165) is 0 Å². The Morgan fingerprint density at radius 1 is 1.50 bits per heavy atom. The van der Waals surface area contributed by atoms with E-state index in [1.54, 1.807) is 0 Å². The highest BCUT2D eigenvalue weighted by Gasteiger charge is 2.17. The average molecular weight is 221 g/mol. The third-order valence-corrected chi connectivity index (χ3v) is 2.14. The molecule has 0 amide bonds. The van der Waals surface area contributed by atoms with Gasteiger partial charge in [-0.05, 0) is 12.1 Å². The summed E-state index contributed by atoms with van der Waals surface area (Å²) in [7, 11) is 2.66. The van der Waals surface area contributed by atoms with Crippen LogP contribution >= 0.6 is 0 Å². The van der Waals surface area contributed by atoms with Crippen molar-refractivity contribution >= 4 is 5.97 Å². The van der Waals surface area contributed by atoms with E-state index in [1.165, 1.54) is 26.4 Å². The first-order valence-electron chi connectivity index (χ1n) is 4.48. The van der Waals surface area contributed by atoms with Gasteiger partial charge in [-0.3, -0.25) is 0 Å². The third kappa shape index (κ3) is 2.12. The first kappa shape index (κ1) is 12.0. The monoisotopic (exact) mass is 221 g/mol. The molecule has 1 N–H and O–H groups in total. The van der Waals surface area contributed by atoms with Crippen LogP contribution in [0.15, 0.2) is 12.1 Å². The minimum absolute atomic E-state index is 0.140. The van der Waals surface area contributed by atoms with E-state index in [9.17, 15) is 4.79 Å². The van der Waals surface area contributed by atoms with Crippen molar-refractivity contribution in [2.24, 2.45) is 0 Å². The van der Waals surface area contributed by atoms with E-state index in [4.69, 9.17) is 15.1 Å². The van der Waals surface area contributed by atoms with Crippen LogP contribution in [0.3, 0.4) is 0 Å². The zero-order chi connectivity index (χ0) is 12.1. The van der Waals surface area contributed by atoms with Crippen LogP contribution in [0.4, 0.5) is 0 Å². The Labute approximate surface area is 92.8 Å². The molecule has 0 aliphatic rings. The molecular formula is C11H11NO4. The van der Waals surface area contributed by atoms with Gasteiger partial charge in [0.2, 0.25) is 0 Å². The molecule has 0 aliphatic heterocycles. The fourth-order valence-electron chi connectivity index (χ4n) is 1.33. The number of nitrogens with zero attached hydrogens (tertiary/aromatic N) is 1. The number of rotatable bonds is 3. The molecule has 0 radical (unpaired) electrons. The molecule has 0 saturated carbocycles. The van der Waals surface area contributed by atoms with Gasteiger partial charge in [-0.2, -0.15) is 5.26 Å². The number of methoxy groups -OCH3 is 2. The van der Waals surface area contributed by atoms with Crippen LogP contribution in [0.1, 0.15) is 21.5 Å². The molecule has 0 aromatic heterocycles. The van der Waals surface area contributed by atoms with Crippen LogP contribution < -0.4 is 4.74 Å². The maximum Gasteiger partial charge on any atom is 0.338 e. The highest BCUT2D eigenvalue weighted by molar-refractivity contribution is 5.92. The van der Waals surface area contributed by atoms with E-state index in [0.29, 0.717) is 5.75 Å². The van der Waals surface area contributed by atoms with Crippen molar-refractivity contribution in [3.63, 3.8) is 0 Å². The minimum atomic E-state index is -0.612. The summed E-state index contributed by atoms with van der Waals surface area (Å²) in [6, 6.07) is 4.78. The Bertz CT molecular complexity index is 448. The topological polar surface area (TPSA) is 79.5 Å². The van der Waals surface area contributed by atoms with Crippen molar-refractivity contribution in [2.75, 3.05) is 14.2 Å². The van der Waals surface area contributed by atoms with Gasteiger partial charge in [-0.25, -0.2) is 4.79 Å². The summed E-state index contributed by atoms with van der Waals surface area (Å²) in [6.45, 7) is -0.405. The highest BCUT2D eigenvalue weighted by Crippen LogP contribution is 2.23. The summed E-state index contributed by atoms with van der Waals surface area (Å²) >= 11 is 0. The van der Waals surface area contributed by atoms with E-state index < -0.39 is 12.6 Å². The SMILES string of the molecule is COC(=O)c1cc(OC)cc(C#N)c1CO. The maximum atomic E-state index is 11.4. The van der Waals surface area contributed by atoms with Gasteiger partial charge < -0.3 is 14.6 Å². The van der Waals surface area contributed by atoms with Crippen molar-refractivity contribution in [3.05, 3.63) is 28.8 Å². The van der Waals surface area contributed by atoms with E-state index in [-0.39, 0.29) is 16.7 Å². The number of nitriles is 1. The number of aliphatic hydroxyl groups excluding tert-OH is 1. The van der Waals surface area contributed by atoms with Gasteiger partial charge in [0.1, 0.15) is 5.75 Å². The summed E-state index contributed by atoms with van der Waals surface area (Å²) in [6.07, 6.45) is 0. The molecule has 16 heavy (non-hydrogen) atoms. The lowest BCUT2D eigenvalue weighted by Gasteiger charge is -2.09. The van der Waals surface area contributed by atoms with Crippen LogP contribution in [0, 0.1) is 11.3 Å². The van der Waals surface area contributed by atoms with E-state index in [2.05, 4.69) is 4.74 Å². The highest BCUT2D eigenvalue weighted by atomic mass is 16.5. The molecule has 0 heterocycles. The number of aliphatic hydroxyl groups is 1. The first-order valence-corrected chi connectivity index (χ1v) is 4.48. The van der Waals surface area contributed by atoms with Gasteiger partial charge in [0, 0.05) is 5.56 Å². The van der Waals surface area contributed by atoms with E-state index >= 15 is 0 Å². The van der Waals surface area contributed by atoms with Gasteiger partial charge >= 0.3 is 5.97 Å². The maximum absolute atomic E-state index is 11.4. The second-order valence-electron chi connectivity index (χ2n) is 2.96. The Morgan fingerprint density at radius 2 is 2.19 bits per heavy atom. The molecule has 0 unspecified atom stereocenters. The second-order valence-corrected chi connectivity index (χ2v) is 2.96. The molecule has 0 aliphatic carbocycles. The number of hydrogen-bond donors (Lipinski definition) is 1. The number of esters is 1. The summed E-state index contributed by atoms with van der Waals surface area (Å²) < 4.78 is 9.51. The summed E-state index contributed by atoms with van der Waals surface area (Å²) in [5.74, 6) is -0.242. The fraction of sp³-hybridized carbons (Fsp3) is 0.273. The molecule has 5 nitrogen and oxygen atoms in total. The van der Waals surface area contributed by atoms with Gasteiger partial charge in [-0.1, -0.05) is 0 Å². The lowest BCUT2D eigenvalue weighted by atomic mass is 10.0. The molecule has 1 aromatic carbocycles. The molecule has 0 fully saturated rings. The van der Waals surface area contributed by atoms with Crippen molar-refractivity contribution < 1.29 is 19.4 Å². The standard InChI is InChI=1S/C11H11NO4/c1-15-8-3-7(5-12)10(6-13)9(4-8)11(14)16-2/h3-4,13H,6H2,1-2H3. The number of carbonyl (C=O) groups excluding carboxylic acids is 1. The molecular weight excluding hydrogens is 210 g/mol. The number of carbonyl (C=O) groups is 1. The summed E-state index contributed by atoms with van der Waals surface area (Å²) in [4.78, 5) is 11.4. The molecule has 84 valence electrons.